The topological polar surface area (TPSA) is 86.2 Å². The number of ether oxygens (including phenoxy) is 2. The summed E-state index contributed by atoms with van der Waals surface area (Å²) in [7, 11) is 0. The van der Waals surface area contributed by atoms with Crippen molar-refractivity contribution < 1.29 is 14.3 Å². The van der Waals surface area contributed by atoms with E-state index in [0.717, 1.165) is 12.1 Å². The van der Waals surface area contributed by atoms with Gasteiger partial charge in [0.15, 0.2) is 0 Å². The molecule has 8 heteroatoms. The number of amides is 1. The number of rotatable bonds is 6. The van der Waals surface area contributed by atoms with Crippen LogP contribution in [0.3, 0.4) is 0 Å². The van der Waals surface area contributed by atoms with Crippen molar-refractivity contribution in [3.05, 3.63) is 40.9 Å². The molecule has 0 bridgehead atoms. The van der Waals surface area contributed by atoms with Crippen LogP contribution in [-0.2, 0) is 27.3 Å². The summed E-state index contributed by atoms with van der Waals surface area (Å²) in [5.74, 6) is -0.108. The molecular weight excluding hydrogens is 316 g/mol. The molecule has 0 unspecified atom stereocenters. The van der Waals surface area contributed by atoms with Crippen LogP contribution in [0.15, 0.2) is 29.5 Å². The van der Waals surface area contributed by atoms with Gasteiger partial charge in [-0.3, -0.25) is 14.8 Å². The zero-order valence-corrected chi connectivity index (χ0v) is 13.4. The zero-order valence-electron chi connectivity index (χ0n) is 12.6. The normalized spacial score (nSPS) is 21.0. The highest BCUT2D eigenvalue weighted by Gasteiger charge is 2.28. The highest BCUT2D eigenvalue weighted by Crippen LogP contribution is 2.15. The van der Waals surface area contributed by atoms with Gasteiger partial charge in [0.1, 0.15) is 0 Å². The molecule has 2 atom stereocenters. The Balaban J connectivity index is 1.52. The molecule has 23 heavy (non-hydrogen) atoms. The van der Waals surface area contributed by atoms with Gasteiger partial charge in [0, 0.05) is 30.6 Å². The molecule has 122 valence electrons. The first-order valence-corrected chi connectivity index (χ1v) is 8.36. The minimum atomic E-state index is -0.161. The Morgan fingerprint density at radius 3 is 3.13 bits per heavy atom. The van der Waals surface area contributed by atoms with Gasteiger partial charge in [-0.25, -0.2) is 4.98 Å². The van der Waals surface area contributed by atoms with Crippen LogP contribution >= 0.6 is 11.3 Å². The third-order valence-electron chi connectivity index (χ3n) is 3.53. The van der Waals surface area contributed by atoms with Crippen molar-refractivity contribution in [2.24, 2.45) is 0 Å². The lowest BCUT2D eigenvalue weighted by atomic mass is 10.1. The molecule has 2 aromatic heterocycles. The first-order valence-electron chi connectivity index (χ1n) is 7.42. The molecule has 1 amide bonds. The van der Waals surface area contributed by atoms with Gasteiger partial charge in [0.05, 0.1) is 48.7 Å². The van der Waals surface area contributed by atoms with E-state index in [1.165, 1.54) is 0 Å². The number of hydrogen-bond acceptors (Lipinski definition) is 7. The number of nitrogens with one attached hydrogen (secondary N) is 1. The van der Waals surface area contributed by atoms with Gasteiger partial charge in [-0.1, -0.05) is 0 Å². The van der Waals surface area contributed by atoms with E-state index in [-0.39, 0.29) is 24.5 Å². The summed E-state index contributed by atoms with van der Waals surface area (Å²) in [4.78, 5) is 24.4. The van der Waals surface area contributed by atoms with Gasteiger partial charge < -0.3 is 14.8 Å². The third kappa shape index (κ3) is 4.78. The van der Waals surface area contributed by atoms with Crippen molar-refractivity contribution in [2.75, 3.05) is 13.2 Å². The molecule has 3 heterocycles. The molecule has 1 fully saturated rings. The number of hydrogen-bond donors (Lipinski definition) is 1. The second-order valence-electron chi connectivity index (χ2n) is 5.24. The van der Waals surface area contributed by atoms with E-state index in [2.05, 4.69) is 20.3 Å². The second kappa shape index (κ2) is 8.09. The smallest absolute Gasteiger partial charge is 0.226 e. The SMILES string of the molecule is O=C(Cc1cnccn1)N[C@@H]1COCC[C@@H]1OCc1cscn1. The molecule has 0 aromatic carbocycles. The number of thiazole rings is 1. The highest BCUT2D eigenvalue weighted by atomic mass is 32.1. The summed E-state index contributed by atoms with van der Waals surface area (Å²) < 4.78 is 11.4. The minimum Gasteiger partial charge on any atom is -0.379 e. The van der Waals surface area contributed by atoms with E-state index in [1.54, 1.807) is 35.4 Å². The second-order valence-corrected chi connectivity index (χ2v) is 5.96. The molecule has 3 rings (SSSR count). The van der Waals surface area contributed by atoms with E-state index in [4.69, 9.17) is 9.47 Å². The maximum absolute atomic E-state index is 12.2. The Morgan fingerprint density at radius 2 is 2.35 bits per heavy atom. The zero-order chi connectivity index (χ0) is 15.9. The fourth-order valence-corrected chi connectivity index (χ4v) is 2.94. The lowest BCUT2D eigenvalue weighted by Crippen LogP contribution is -2.51. The average Bonchev–Trinajstić information content (AvgIpc) is 3.08. The summed E-state index contributed by atoms with van der Waals surface area (Å²) >= 11 is 1.54. The summed E-state index contributed by atoms with van der Waals surface area (Å²) in [6.45, 7) is 1.54. The average molecular weight is 334 g/mol. The van der Waals surface area contributed by atoms with Crippen LogP contribution in [0.1, 0.15) is 17.8 Å². The summed E-state index contributed by atoms with van der Waals surface area (Å²) in [5.41, 5.74) is 3.33. The van der Waals surface area contributed by atoms with Gasteiger partial charge in [-0.05, 0) is 6.42 Å². The Labute approximate surface area is 138 Å². The maximum atomic E-state index is 12.2. The Kier molecular flexibility index (Phi) is 5.62. The van der Waals surface area contributed by atoms with Gasteiger partial charge >= 0.3 is 0 Å². The van der Waals surface area contributed by atoms with Crippen LogP contribution in [0, 0.1) is 0 Å². The molecule has 1 aliphatic rings. The molecule has 0 saturated carbocycles. The van der Waals surface area contributed by atoms with Crippen LogP contribution < -0.4 is 5.32 Å². The van der Waals surface area contributed by atoms with Crippen LogP contribution in [0.2, 0.25) is 0 Å². The largest absolute Gasteiger partial charge is 0.379 e. The van der Waals surface area contributed by atoms with Crippen molar-refractivity contribution in [3.8, 4) is 0 Å². The molecule has 1 aliphatic heterocycles. The van der Waals surface area contributed by atoms with Crippen molar-refractivity contribution in [3.63, 3.8) is 0 Å². The monoisotopic (exact) mass is 334 g/mol. The fraction of sp³-hybridized carbons (Fsp3) is 0.467. The quantitative estimate of drug-likeness (QED) is 0.847. The Bertz CT molecular complexity index is 608. The van der Waals surface area contributed by atoms with Crippen LogP contribution in [0.5, 0.6) is 0 Å². The van der Waals surface area contributed by atoms with Crippen LogP contribution in [-0.4, -0.2) is 46.2 Å². The minimum absolute atomic E-state index is 0.0729. The summed E-state index contributed by atoms with van der Waals surface area (Å²) in [6, 6.07) is -0.161. The van der Waals surface area contributed by atoms with Gasteiger partial charge in [-0.2, -0.15) is 0 Å². The number of carbonyl (C=O) groups is 1. The van der Waals surface area contributed by atoms with Gasteiger partial charge in [0.25, 0.3) is 0 Å². The molecule has 0 radical (unpaired) electrons. The van der Waals surface area contributed by atoms with Crippen molar-refractivity contribution >= 4 is 17.2 Å². The van der Waals surface area contributed by atoms with Crippen molar-refractivity contribution in [2.45, 2.75) is 31.6 Å². The first-order chi connectivity index (χ1) is 11.3. The Morgan fingerprint density at radius 1 is 1.39 bits per heavy atom. The van der Waals surface area contributed by atoms with Crippen molar-refractivity contribution in [1.82, 2.24) is 20.3 Å². The van der Waals surface area contributed by atoms with E-state index in [9.17, 15) is 4.79 Å². The molecule has 1 N–H and O–H groups in total. The molecular formula is C15H18N4O3S. The molecule has 2 aromatic rings. The fourth-order valence-electron chi connectivity index (χ4n) is 2.40. The van der Waals surface area contributed by atoms with Crippen molar-refractivity contribution in [1.29, 1.82) is 0 Å². The predicted octanol–water partition coefficient (Wildman–Crippen LogP) is 0.966. The summed E-state index contributed by atoms with van der Waals surface area (Å²) in [6.07, 6.45) is 5.62. The van der Waals surface area contributed by atoms with E-state index >= 15 is 0 Å². The molecule has 0 spiro atoms. The van der Waals surface area contributed by atoms with Gasteiger partial charge in [0.2, 0.25) is 5.91 Å². The lowest BCUT2D eigenvalue weighted by Gasteiger charge is -2.32. The van der Waals surface area contributed by atoms with E-state index in [0.29, 0.717) is 25.5 Å². The predicted molar refractivity (Wildman–Crippen MR) is 83.8 cm³/mol. The summed E-state index contributed by atoms with van der Waals surface area (Å²) in [5, 5.41) is 4.93. The number of carbonyl (C=O) groups excluding carboxylic acids is 1. The maximum Gasteiger partial charge on any atom is 0.226 e. The van der Waals surface area contributed by atoms with E-state index < -0.39 is 0 Å². The standard InChI is InChI=1S/C15H18N4O3S/c20-15(5-11-6-16-2-3-17-11)19-13-8-21-4-1-14(13)22-7-12-9-23-10-18-12/h2-3,6,9-10,13-14H,1,4-5,7-8H2,(H,19,20)/t13-,14+/m1/s1. The molecule has 0 aliphatic carbocycles. The van der Waals surface area contributed by atoms with Crippen LogP contribution in [0.25, 0.3) is 0 Å². The highest BCUT2D eigenvalue weighted by molar-refractivity contribution is 7.07. The lowest BCUT2D eigenvalue weighted by molar-refractivity contribution is -0.126. The third-order valence-corrected chi connectivity index (χ3v) is 4.16. The Hall–Kier alpha value is -1.90. The first kappa shape index (κ1) is 16.0. The van der Waals surface area contributed by atoms with E-state index in [1.807, 2.05) is 5.38 Å². The number of aromatic nitrogens is 3. The molecule has 7 nitrogen and oxygen atoms in total. The van der Waals surface area contributed by atoms with Gasteiger partial charge in [-0.15, -0.1) is 11.3 Å². The number of nitrogens with zero attached hydrogens (tertiary/aromatic N) is 3. The molecule has 1 saturated heterocycles. The van der Waals surface area contributed by atoms with Crippen LogP contribution in [0.4, 0.5) is 0 Å².